The van der Waals surface area contributed by atoms with Crippen molar-refractivity contribution in [1.29, 1.82) is 0 Å². The second-order valence-corrected chi connectivity index (χ2v) is 24.3. The van der Waals surface area contributed by atoms with Crippen LogP contribution in [-0.2, 0) is 55.7 Å². The standard InChI is InChI=1S/4C18H36O2.Fe.Zn/c4*1-2-3-4-5-6-7-8-9-10-11-12-13-14-15-16-17-18(19)20;;/h4*2-17H2,1H3,(H,19,20);;/q;;;;2*+2/p-4. The molecule has 0 aliphatic carbocycles. The zero-order valence-electron chi connectivity index (χ0n) is 55.6. The molecule has 0 aliphatic heterocycles. The van der Waals surface area contributed by atoms with Gasteiger partial charge >= 0.3 is 36.5 Å². The third-order valence-corrected chi connectivity index (χ3v) is 15.9. The molecule has 0 fully saturated rings. The average Bonchev–Trinajstić information content (AvgIpc) is 3.43. The molecule has 0 bridgehead atoms. The molecule has 0 aromatic heterocycles. The summed E-state index contributed by atoms with van der Waals surface area (Å²) < 4.78 is 0. The molecule has 8 nitrogen and oxygen atoms in total. The van der Waals surface area contributed by atoms with Crippen LogP contribution in [0.5, 0.6) is 0 Å². The Morgan fingerprint density at radius 2 is 0.244 bits per heavy atom. The first-order chi connectivity index (χ1) is 39.1. The molecule has 0 aliphatic rings. The van der Waals surface area contributed by atoms with Gasteiger partial charge in [-0.15, -0.1) is 0 Å². The van der Waals surface area contributed by atoms with E-state index in [1.54, 1.807) is 0 Å². The van der Waals surface area contributed by atoms with Crippen LogP contribution in [0.25, 0.3) is 0 Å². The summed E-state index contributed by atoms with van der Waals surface area (Å²) in [5.74, 6) is -3.61. The topological polar surface area (TPSA) is 161 Å². The first-order valence-electron chi connectivity index (χ1n) is 35.9. The summed E-state index contributed by atoms with van der Waals surface area (Å²) in [6.45, 7) is 9.07. The third kappa shape index (κ3) is 107. The first kappa shape index (κ1) is 92.2. The quantitative estimate of drug-likeness (QED) is 0.0430. The fourth-order valence-electron chi connectivity index (χ4n) is 10.6. The minimum atomic E-state index is -0.903. The van der Waals surface area contributed by atoms with Crippen LogP contribution < -0.4 is 20.4 Å². The molecule has 0 atom stereocenters. The van der Waals surface area contributed by atoms with E-state index in [-0.39, 0.29) is 62.2 Å². The van der Waals surface area contributed by atoms with E-state index in [0.29, 0.717) is 0 Å². The van der Waals surface area contributed by atoms with Crippen molar-refractivity contribution in [3.05, 3.63) is 0 Å². The van der Waals surface area contributed by atoms with Gasteiger partial charge in [0, 0.05) is 23.9 Å². The van der Waals surface area contributed by atoms with Crippen molar-refractivity contribution in [2.24, 2.45) is 0 Å². The summed E-state index contributed by atoms with van der Waals surface area (Å²) in [4.78, 5) is 40.9. The largest absolute Gasteiger partial charge is 2.00 e. The van der Waals surface area contributed by atoms with Crippen molar-refractivity contribution in [3.63, 3.8) is 0 Å². The summed E-state index contributed by atoms with van der Waals surface area (Å²) in [6, 6.07) is 0. The van der Waals surface area contributed by atoms with Gasteiger partial charge in [0.05, 0.1) is 0 Å². The number of carboxylic acid groups (broad SMARTS) is 4. The maximum atomic E-state index is 10.2. The number of carboxylic acids is 4. The molecule has 82 heavy (non-hydrogen) atoms. The van der Waals surface area contributed by atoms with E-state index in [1.165, 1.54) is 334 Å². The predicted molar refractivity (Wildman–Crippen MR) is 338 cm³/mol. The van der Waals surface area contributed by atoms with Crippen molar-refractivity contribution in [2.45, 2.75) is 439 Å². The molecule has 0 amide bonds. The zero-order chi connectivity index (χ0) is 59.6. The van der Waals surface area contributed by atoms with Crippen LogP contribution in [0.15, 0.2) is 0 Å². The first-order valence-corrected chi connectivity index (χ1v) is 35.9. The van der Waals surface area contributed by atoms with Crippen molar-refractivity contribution >= 4 is 23.9 Å². The van der Waals surface area contributed by atoms with Gasteiger partial charge in [-0.3, -0.25) is 0 Å². The number of hydrogen-bond donors (Lipinski definition) is 0. The van der Waals surface area contributed by atoms with Crippen LogP contribution in [0.1, 0.15) is 439 Å². The Morgan fingerprint density at radius 3 is 0.317 bits per heavy atom. The summed E-state index contributed by atoms with van der Waals surface area (Å²) in [5, 5.41) is 40.9. The van der Waals surface area contributed by atoms with E-state index in [2.05, 4.69) is 27.7 Å². The van der Waals surface area contributed by atoms with Gasteiger partial charge in [-0.1, -0.05) is 387 Å². The zero-order valence-corrected chi connectivity index (χ0v) is 59.7. The van der Waals surface area contributed by atoms with Crippen LogP contribution in [0.3, 0.4) is 0 Å². The molecule has 0 unspecified atom stereocenters. The average molecular weight is 1260 g/mol. The van der Waals surface area contributed by atoms with E-state index in [1.807, 2.05) is 0 Å². The second-order valence-electron chi connectivity index (χ2n) is 24.3. The Bertz CT molecular complexity index is 998. The number of unbranched alkanes of at least 4 members (excludes halogenated alkanes) is 56. The Hall–Kier alpha value is -0.977. The normalized spacial score (nSPS) is 10.6. The van der Waals surface area contributed by atoms with Crippen molar-refractivity contribution in [1.82, 2.24) is 0 Å². The number of aliphatic carboxylic acids is 4. The fraction of sp³-hybridized carbons (Fsp3) is 0.944. The Kier molecular flexibility index (Phi) is 99.8. The van der Waals surface area contributed by atoms with E-state index < -0.39 is 23.9 Å². The molecule has 10 heteroatoms. The van der Waals surface area contributed by atoms with Gasteiger partial charge in [0.1, 0.15) is 0 Å². The molecule has 0 saturated heterocycles. The van der Waals surface area contributed by atoms with Gasteiger partial charge in [-0.25, -0.2) is 0 Å². The Balaban J connectivity index is -0.000000233. The third-order valence-electron chi connectivity index (χ3n) is 15.9. The van der Waals surface area contributed by atoms with E-state index in [4.69, 9.17) is 0 Å². The molecule has 0 saturated carbocycles. The van der Waals surface area contributed by atoms with E-state index in [0.717, 1.165) is 51.4 Å². The molecule has 486 valence electrons. The molecule has 0 spiro atoms. The number of hydrogen-bond acceptors (Lipinski definition) is 8. The molecule has 0 aromatic rings. The predicted octanol–water partition coefficient (Wildman–Crippen LogP) is 20.0. The van der Waals surface area contributed by atoms with Crippen LogP contribution >= 0.6 is 0 Å². The van der Waals surface area contributed by atoms with Gasteiger partial charge in [-0.05, 0) is 51.4 Å². The molecule has 0 rings (SSSR count). The monoisotopic (exact) mass is 1250 g/mol. The maximum Gasteiger partial charge on any atom is 2.00 e. The molecule has 0 radical (unpaired) electrons. The molecular weight excluding hydrogens is 1110 g/mol. The molecule has 0 N–H and O–H groups in total. The van der Waals surface area contributed by atoms with Crippen LogP contribution in [0, 0.1) is 0 Å². The Morgan fingerprint density at radius 1 is 0.171 bits per heavy atom. The maximum absolute atomic E-state index is 10.2. The van der Waals surface area contributed by atoms with Gasteiger partial charge in [0.15, 0.2) is 0 Å². The fourth-order valence-corrected chi connectivity index (χ4v) is 10.6. The smallest absolute Gasteiger partial charge is 0.550 e. The number of rotatable bonds is 64. The van der Waals surface area contributed by atoms with Gasteiger partial charge in [0.25, 0.3) is 0 Å². The van der Waals surface area contributed by atoms with Crippen molar-refractivity contribution < 1.29 is 76.2 Å². The SMILES string of the molecule is CCCCCCCCCCCCCCCCCC(=O)[O-].CCCCCCCCCCCCCCCCCC(=O)[O-].CCCCCCCCCCCCCCCCCC(=O)[O-].CCCCCCCCCCCCCCCCCC(=O)[O-].[Fe+2].[Zn+2]. The summed E-state index contributed by atoms with van der Waals surface area (Å²) in [6.07, 6.45) is 79.4. The Labute approximate surface area is 535 Å². The van der Waals surface area contributed by atoms with Gasteiger partial charge in [-0.2, -0.15) is 0 Å². The second kappa shape index (κ2) is 88.8. The van der Waals surface area contributed by atoms with Gasteiger partial charge in [0.2, 0.25) is 0 Å². The molecule has 0 aromatic carbocycles. The van der Waals surface area contributed by atoms with Crippen molar-refractivity contribution in [2.75, 3.05) is 0 Å². The number of carbonyl (C=O) groups excluding carboxylic acids is 4. The van der Waals surface area contributed by atoms with E-state index >= 15 is 0 Å². The van der Waals surface area contributed by atoms with Crippen LogP contribution in [-0.4, -0.2) is 23.9 Å². The van der Waals surface area contributed by atoms with Crippen molar-refractivity contribution in [3.8, 4) is 0 Å². The molecule has 0 heterocycles. The summed E-state index contributed by atoms with van der Waals surface area (Å²) >= 11 is 0. The molecular formula is C72H140FeO8Zn. The van der Waals surface area contributed by atoms with Gasteiger partial charge < -0.3 is 39.6 Å². The van der Waals surface area contributed by atoms with E-state index in [9.17, 15) is 39.6 Å². The van der Waals surface area contributed by atoms with Crippen LogP contribution in [0.4, 0.5) is 0 Å². The summed E-state index contributed by atoms with van der Waals surface area (Å²) in [7, 11) is 0. The minimum Gasteiger partial charge on any atom is -0.550 e. The number of carbonyl (C=O) groups is 4. The minimum absolute atomic E-state index is 0. The summed E-state index contributed by atoms with van der Waals surface area (Å²) in [5.41, 5.74) is 0. The van der Waals surface area contributed by atoms with Crippen LogP contribution in [0.2, 0.25) is 0 Å².